The molecule has 1 atom stereocenters. The average Bonchev–Trinajstić information content (AvgIpc) is 2.30. The summed E-state index contributed by atoms with van der Waals surface area (Å²) in [6.07, 6.45) is 0.995. The molecular formula is C12H17N3O4. The van der Waals surface area contributed by atoms with E-state index in [9.17, 15) is 9.59 Å². The molecule has 104 valence electrons. The predicted molar refractivity (Wildman–Crippen MR) is 68.9 cm³/mol. The zero-order chi connectivity index (χ0) is 14.4. The lowest BCUT2D eigenvalue weighted by atomic mass is 10.2. The van der Waals surface area contributed by atoms with Gasteiger partial charge in [0.25, 0.3) is 0 Å². The largest absolute Gasteiger partial charge is 0.481 e. The van der Waals surface area contributed by atoms with Crippen molar-refractivity contribution in [1.29, 1.82) is 0 Å². The summed E-state index contributed by atoms with van der Waals surface area (Å²) in [6, 6.07) is 2.12. The Kier molecular flexibility index (Phi) is 5.25. The number of carboxylic acids is 1. The Labute approximate surface area is 110 Å². The quantitative estimate of drug-likeness (QED) is 0.695. The summed E-state index contributed by atoms with van der Waals surface area (Å²) >= 11 is 0. The number of nitrogens with one attached hydrogen (secondary N) is 1. The van der Waals surface area contributed by atoms with Crippen LogP contribution in [0.1, 0.15) is 20.3 Å². The van der Waals surface area contributed by atoms with Gasteiger partial charge in [0.05, 0.1) is 18.6 Å². The number of carboxylic acid groups (broad SMARTS) is 1. The second-order valence-corrected chi connectivity index (χ2v) is 4.22. The molecule has 4 N–H and O–H groups in total. The minimum Gasteiger partial charge on any atom is -0.481 e. The number of hydrogen-bond acceptors (Lipinski definition) is 5. The number of aliphatic carboxylic acids is 1. The van der Waals surface area contributed by atoms with E-state index in [0.29, 0.717) is 5.69 Å². The molecule has 0 fully saturated rings. The number of aromatic nitrogens is 1. The molecule has 0 bridgehead atoms. The van der Waals surface area contributed by atoms with Gasteiger partial charge in [0.1, 0.15) is 5.69 Å². The molecule has 1 aromatic heterocycles. The second kappa shape index (κ2) is 6.69. The summed E-state index contributed by atoms with van der Waals surface area (Å²) in [5.41, 5.74) is 5.83. The van der Waals surface area contributed by atoms with Crippen molar-refractivity contribution in [1.82, 2.24) is 4.98 Å². The van der Waals surface area contributed by atoms with Crippen LogP contribution in [0.5, 0.6) is 5.88 Å². The van der Waals surface area contributed by atoms with Crippen molar-refractivity contribution in [2.45, 2.75) is 32.4 Å². The molecular weight excluding hydrogens is 250 g/mol. The number of ether oxygens (including phenoxy) is 1. The number of pyridine rings is 1. The Balaban J connectivity index is 2.76. The molecule has 0 spiro atoms. The van der Waals surface area contributed by atoms with Crippen molar-refractivity contribution >= 4 is 17.6 Å². The van der Waals surface area contributed by atoms with E-state index in [2.05, 4.69) is 10.3 Å². The zero-order valence-electron chi connectivity index (χ0n) is 10.8. The van der Waals surface area contributed by atoms with Crippen LogP contribution in [0.15, 0.2) is 18.3 Å². The molecule has 7 nitrogen and oxygen atoms in total. The third kappa shape index (κ3) is 4.92. The highest BCUT2D eigenvalue weighted by molar-refractivity contribution is 5.97. The number of rotatable bonds is 6. The third-order valence-corrected chi connectivity index (χ3v) is 2.11. The second-order valence-electron chi connectivity index (χ2n) is 4.22. The van der Waals surface area contributed by atoms with E-state index in [1.807, 2.05) is 13.8 Å². The number of nitrogens with zero attached hydrogens (tertiary/aromatic N) is 1. The molecule has 0 saturated carbocycles. The van der Waals surface area contributed by atoms with Gasteiger partial charge in [-0.25, -0.2) is 4.98 Å². The van der Waals surface area contributed by atoms with Crippen LogP contribution in [0, 0.1) is 0 Å². The van der Waals surface area contributed by atoms with Gasteiger partial charge in [0.15, 0.2) is 0 Å². The minimum atomic E-state index is -1.13. The summed E-state index contributed by atoms with van der Waals surface area (Å²) in [5, 5.41) is 11.1. The number of carbonyl (C=O) groups excluding carboxylic acids is 1. The van der Waals surface area contributed by atoms with Crippen LogP contribution < -0.4 is 15.8 Å². The summed E-state index contributed by atoms with van der Waals surface area (Å²) in [4.78, 5) is 26.2. The molecule has 1 amide bonds. The normalized spacial score (nSPS) is 12.0. The third-order valence-electron chi connectivity index (χ3n) is 2.11. The van der Waals surface area contributed by atoms with E-state index >= 15 is 0 Å². The zero-order valence-corrected chi connectivity index (χ0v) is 10.8. The predicted octanol–water partition coefficient (Wildman–Crippen LogP) is 0.609. The van der Waals surface area contributed by atoms with Gasteiger partial charge in [-0.3, -0.25) is 9.59 Å². The average molecular weight is 267 g/mol. The standard InChI is InChI=1S/C12H17N3O4/c1-7(2)19-12-9(4-3-5-14-12)15-11(18)8(13)6-10(16)17/h3-5,7-8H,6,13H2,1-2H3,(H,15,18)(H,16,17). The monoisotopic (exact) mass is 267 g/mol. The molecule has 1 rings (SSSR count). The molecule has 0 aliphatic heterocycles. The van der Waals surface area contributed by atoms with Crippen LogP contribution >= 0.6 is 0 Å². The van der Waals surface area contributed by atoms with Crippen molar-refractivity contribution < 1.29 is 19.4 Å². The number of amides is 1. The fourth-order valence-corrected chi connectivity index (χ4v) is 1.31. The highest BCUT2D eigenvalue weighted by Gasteiger charge is 2.19. The summed E-state index contributed by atoms with van der Waals surface area (Å²) in [6.45, 7) is 3.66. The van der Waals surface area contributed by atoms with Gasteiger partial charge in [-0.05, 0) is 26.0 Å². The van der Waals surface area contributed by atoms with Gasteiger partial charge in [-0.1, -0.05) is 0 Å². The molecule has 1 heterocycles. The maximum atomic E-state index is 11.7. The van der Waals surface area contributed by atoms with E-state index in [4.69, 9.17) is 15.6 Å². The first-order valence-corrected chi connectivity index (χ1v) is 5.80. The summed E-state index contributed by atoms with van der Waals surface area (Å²) in [7, 11) is 0. The minimum absolute atomic E-state index is 0.0988. The van der Waals surface area contributed by atoms with Gasteiger partial charge in [0, 0.05) is 6.20 Å². The van der Waals surface area contributed by atoms with Gasteiger partial charge < -0.3 is 20.9 Å². The van der Waals surface area contributed by atoms with Crippen molar-refractivity contribution in [3.05, 3.63) is 18.3 Å². The fraction of sp³-hybridized carbons (Fsp3) is 0.417. The van der Waals surface area contributed by atoms with Gasteiger partial charge in [0.2, 0.25) is 11.8 Å². The molecule has 0 radical (unpaired) electrons. The molecule has 0 aliphatic rings. The Bertz CT molecular complexity index is 462. The van der Waals surface area contributed by atoms with Crippen LogP contribution in [0.2, 0.25) is 0 Å². The molecule has 7 heteroatoms. The molecule has 0 saturated heterocycles. The van der Waals surface area contributed by atoms with Crippen molar-refractivity contribution in [3.63, 3.8) is 0 Å². The number of carbonyl (C=O) groups is 2. The first kappa shape index (κ1) is 14.9. The molecule has 1 unspecified atom stereocenters. The molecule has 19 heavy (non-hydrogen) atoms. The summed E-state index contributed by atoms with van der Waals surface area (Å²) in [5.74, 6) is -1.45. The first-order chi connectivity index (χ1) is 8.90. The van der Waals surface area contributed by atoms with Crippen molar-refractivity contribution in [3.8, 4) is 5.88 Å². The summed E-state index contributed by atoms with van der Waals surface area (Å²) < 4.78 is 5.42. The van der Waals surface area contributed by atoms with Crippen LogP contribution in [-0.2, 0) is 9.59 Å². The number of hydrogen-bond donors (Lipinski definition) is 3. The highest BCUT2D eigenvalue weighted by Crippen LogP contribution is 2.21. The first-order valence-electron chi connectivity index (χ1n) is 5.80. The van der Waals surface area contributed by atoms with E-state index in [0.717, 1.165) is 0 Å². The maximum Gasteiger partial charge on any atom is 0.305 e. The lowest BCUT2D eigenvalue weighted by Gasteiger charge is -2.15. The van der Waals surface area contributed by atoms with Crippen molar-refractivity contribution in [2.24, 2.45) is 5.73 Å². The van der Waals surface area contributed by atoms with E-state index < -0.39 is 24.3 Å². The Morgan fingerprint density at radius 3 is 2.79 bits per heavy atom. The van der Waals surface area contributed by atoms with Crippen LogP contribution in [0.25, 0.3) is 0 Å². The molecule has 0 aliphatic carbocycles. The van der Waals surface area contributed by atoms with E-state index in [1.54, 1.807) is 12.1 Å². The van der Waals surface area contributed by atoms with E-state index in [1.165, 1.54) is 6.20 Å². The van der Waals surface area contributed by atoms with Crippen molar-refractivity contribution in [2.75, 3.05) is 5.32 Å². The number of anilines is 1. The van der Waals surface area contributed by atoms with Crippen LogP contribution in [0.4, 0.5) is 5.69 Å². The van der Waals surface area contributed by atoms with Crippen LogP contribution in [-0.4, -0.2) is 34.1 Å². The van der Waals surface area contributed by atoms with Gasteiger partial charge in [-0.15, -0.1) is 0 Å². The van der Waals surface area contributed by atoms with Gasteiger partial charge in [-0.2, -0.15) is 0 Å². The van der Waals surface area contributed by atoms with Crippen LogP contribution in [0.3, 0.4) is 0 Å². The Morgan fingerprint density at radius 2 is 2.21 bits per heavy atom. The smallest absolute Gasteiger partial charge is 0.305 e. The van der Waals surface area contributed by atoms with Gasteiger partial charge >= 0.3 is 5.97 Å². The number of nitrogens with two attached hydrogens (primary N) is 1. The highest BCUT2D eigenvalue weighted by atomic mass is 16.5. The SMILES string of the molecule is CC(C)Oc1ncccc1NC(=O)C(N)CC(=O)O. The molecule has 0 aromatic carbocycles. The lowest BCUT2D eigenvalue weighted by molar-refractivity contribution is -0.138. The Hall–Kier alpha value is -2.15. The molecule has 1 aromatic rings. The fourth-order valence-electron chi connectivity index (χ4n) is 1.31. The topological polar surface area (TPSA) is 115 Å². The van der Waals surface area contributed by atoms with E-state index in [-0.39, 0.29) is 12.0 Å². The maximum absolute atomic E-state index is 11.7. The Morgan fingerprint density at radius 1 is 1.53 bits per heavy atom. The lowest BCUT2D eigenvalue weighted by Crippen LogP contribution is -2.37.